The minimum Gasteiger partial charge on any atom is -0.335 e. The molecule has 1 aliphatic heterocycles. The zero-order chi connectivity index (χ0) is 19.6. The van der Waals surface area contributed by atoms with Crippen molar-refractivity contribution < 1.29 is 23.2 Å². The van der Waals surface area contributed by atoms with E-state index in [2.05, 4.69) is 5.32 Å². The molecule has 1 aromatic rings. The molecule has 0 spiro atoms. The van der Waals surface area contributed by atoms with Crippen molar-refractivity contribution in [2.24, 2.45) is 11.3 Å². The van der Waals surface area contributed by atoms with Crippen LogP contribution in [0.15, 0.2) is 12.1 Å². The molecule has 2 amide bonds. The number of Topliss-reactive ketones (excluding diaryl/α,β-unsaturated/α-hetero) is 1. The van der Waals surface area contributed by atoms with Crippen LogP contribution in [0.1, 0.15) is 33.6 Å². The average Bonchev–Trinajstić information content (AvgIpc) is 3.03. The van der Waals surface area contributed by atoms with E-state index in [0.717, 1.165) is 12.1 Å². The molecule has 1 N–H and O–H groups in total. The van der Waals surface area contributed by atoms with Gasteiger partial charge in [-0.25, -0.2) is 8.78 Å². The van der Waals surface area contributed by atoms with E-state index in [9.17, 15) is 23.2 Å². The zero-order valence-corrected chi connectivity index (χ0v) is 17.1. The van der Waals surface area contributed by atoms with Crippen molar-refractivity contribution in [3.05, 3.63) is 28.8 Å². The van der Waals surface area contributed by atoms with Crippen LogP contribution in [-0.2, 0) is 14.4 Å². The fraction of sp³-hybridized carbons (Fsp3) is 0.500. The molecule has 0 aliphatic carbocycles. The van der Waals surface area contributed by atoms with Crippen molar-refractivity contribution in [2.45, 2.75) is 33.6 Å². The molecule has 150 valence electrons. The number of rotatable bonds is 4. The van der Waals surface area contributed by atoms with Gasteiger partial charge in [0.1, 0.15) is 10.8 Å². The maximum absolute atomic E-state index is 13.9. The molecule has 1 heterocycles. The Hall–Kier alpha value is -1.67. The molecular formula is C18H23ClF2N2O3S. The van der Waals surface area contributed by atoms with E-state index in [1.807, 2.05) is 20.8 Å². The Balaban J connectivity index is 0.00000364. The van der Waals surface area contributed by atoms with Gasteiger partial charge >= 0.3 is 0 Å². The molecule has 1 saturated heterocycles. The summed E-state index contributed by atoms with van der Waals surface area (Å²) in [6.45, 7) is 5.94. The summed E-state index contributed by atoms with van der Waals surface area (Å²) in [5.41, 5.74) is -0.530. The number of halogens is 3. The minimum absolute atomic E-state index is 0. The van der Waals surface area contributed by atoms with Crippen LogP contribution in [0.5, 0.6) is 0 Å². The summed E-state index contributed by atoms with van der Waals surface area (Å²) >= 11 is 5.49. The highest BCUT2D eigenvalue weighted by Gasteiger charge is 2.35. The lowest BCUT2D eigenvalue weighted by atomic mass is 9.89. The molecule has 5 nitrogen and oxygen atoms in total. The van der Waals surface area contributed by atoms with Gasteiger partial charge in [0.25, 0.3) is 5.91 Å². The lowest BCUT2D eigenvalue weighted by Gasteiger charge is -2.20. The molecule has 1 fully saturated rings. The molecule has 9 heteroatoms. The standard InChI is InChI=1S/C18H21ClF2N2O3.H2S/c1-18(2,3)8-13(24)17(26)23-7-6-10(9-23)16(25)22-12-5-4-11(20)14(19)15(12)21;/h4-5,10H,6-9H2,1-3H3,(H,22,25);1H2/t10-;/m0./s1. The topological polar surface area (TPSA) is 66.5 Å². The fourth-order valence-corrected chi connectivity index (χ4v) is 2.91. The van der Waals surface area contributed by atoms with E-state index in [4.69, 9.17) is 11.6 Å². The van der Waals surface area contributed by atoms with E-state index in [0.29, 0.717) is 6.42 Å². The predicted octanol–water partition coefficient (Wildman–Crippen LogP) is 3.52. The third-order valence-electron chi connectivity index (χ3n) is 4.07. The Kier molecular flexibility index (Phi) is 7.80. The Bertz CT molecular complexity index is 753. The first-order valence-electron chi connectivity index (χ1n) is 8.26. The predicted molar refractivity (Wildman–Crippen MR) is 104 cm³/mol. The number of ketones is 1. The number of hydrogen-bond acceptors (Lipinski definition) is 3. The highest BCUT2D eigenvalue weighted by Crippen LogP contribution is 2.27. The number of hydrogen-bond donors (Lipinski definition) is 1. The van der Waals surface area contributed by atoms with Crippen LogP contribution < -0.4 is 5.32 Å². The van der Waals surface area contributed by atoms with Gasteiger partial charge < -0.3 is 10.2 Å². The van der Waals surface area contributed by atoms with Crippen LogP contribution in [0, 0.1) is 23.0 Å². The van der Waals surface area contributed by atoms with Gasteiger partial charge in [-0.3, -0.25) is 14.4 Å². The van der Waals surface area contributed by atoms with Crippen LogP contribution in [0.2, 0.25) is 5.02 Å². The Morgan fingerprint density at radius 1 is 1.26 bits per heavy atom. The summed E-state index contributed by atoms with van der Waals surface area (Å²) in [6.07, 6.45) is 0.482. The van der Waals surface area contributed by atoms with Gasteiger partial charge in [0.15, 0.2) is 5.82 Å². The number of nitrogens with zero attached hydrogens (tertiary/aromatic N) is 1. The van der Waals surface area contributed by atoms with E-state index >= 15 is 0 Å². The van der Waals surface area contributed by atoms with Crippen molar-refractivity contribution in [3.8, 4) is 0 Å². The third-order valence-corrected chi connectivity index (χ3v) is 4.42. The van der Waals surface area contributed by atoms with Crippen molar-refractivity contribution in [1.82, 2.24) is 4.90 Å². The molecule has 0 bridgehead atoms. The fourth-order valence-electron chi connectivity index (χ4n) is 2.75. The lowest BCUT2D eigenvalue weighted by Crippen LogP contribution is -2.37. The van der Waals surface area contributed by atoms with Gasteiger partial charge in [-0.2, -0.15) is 13.5 Å². The quantitative estimate of drug-likeness (QED) is 0.598. The van der Waals surface area contributed by atoms with Crippen molar-refractivity contribution in [3.63, 3.8) is 0 Å². The van der Waals surface area contributed by atoms with Crippen LogP contribution in [0.3, 0.4) is 0 Å². The third kappa shape index (κ3) is 5.90. The smallest absolute Gasteiger partial charge is 0.289 e. The first-order chi connectivity index (χ1) is 12.0. The number of nitrogens with one attached hydrogen (secondary N) is 1. The van der Waals surface area contributed by atoms with Gasteiger partial charge in [-0.1, -0.05) is 32.4 Å². The summed E-state index contributed by atoms with van der Waals surface area (Å²) in [6, 6.07) is 2.04. The Morgan fingerprint density at radius 2 is 1.89 bits per heavy atom. The molecule has 1 aliphatic rings. The molecule has 1 aromatic carbocycles. The van der Waals surface area contributed by atoms with Crippen molar-refractivity contribution in [1.29, 1.82) is 0 Å². The van der Waals surface area contributed by atoms with Gasteiger partial charge in [0, 0.05) is 19.5 Å². The highest BCUT2D eigenvalue weighted by molar-refractivity contribution is 7.59. The summed E-state index contributed by atoms with van der Waals surface area (Å²) in [4.78, 5) is 37.9. The average molecular weight is 421 g/mol. The van der Waals surface area contributed by atoms with Gasteiger partial charge in [-0.15, -0.1) is 0 Å². The number of anilines is 1. The summed E-state index contributed by atoms with van der Waals surface area (Å²) in [5, 5.41) is 1.66. The Morgan fingerprint density at radius 3 is 2.48 bits per heavy atom. The number of benzene rings is 1. The highest BCUT2D eigenvalue weighted by atomic mass is 35.5. The largest absolute Gasteiger partial charge is 0.335 e. The molecule has 0 aromatic heterocycles. The van der Waals surface area contributed by atoms with Crippen LogP contribution in [0.25, 0.3) is 0 Å². The molecule has 27 heavy (non-hydrogen) atoms. The van der Waals surface area contributed by atoms with Gasteiger partial charge in [0.05, 0.1) is 11.6 Å². The molecule has 1 atom stereocenters. The van der Waals surface area contributed by atoms with E-state index in [1.165, 1.54) is 4.90 Å². The molecule has 0 unspecified atom stereocenters. The SMILES string of the molecule is CC(C)(C)CC(=O)C(=O)N1CC[C@H](C(=O)Nc2ccc(F)c(Cl)c2F)C1.S. The van der Waals surface area contributed by atoms with Gasteiger partial charge in [0.2, 0.25) is 11.7 Å². The number of likely N-dealkylation sites (tertiary alicyclic amines) is 1. The van der Waals surface area contributed by atoms with E-state index in [1.54, 1.807) is 0 Å². The summed E-state index contributed by atoms with van der Waals surface area (Å²) < 4.78 is 27.1. The van der Waals surface area contributed by atoms with Gasteiger partial charge in [-0.05, 0) is 24.0 Å². The van der Waals surface area contributed by atoms with E-state index in [-0.39, 0.29) is 44.1 Å². The van der Waals surface area contributed by atoms with Crippen LogP contribution in [0.4, 0.5) is 14.5 Å². The Labute approximate surface area is 168 Å². The second-order valence-electron chi connectivity index (χ2n) is 7.61. The van der Waals surface area contributed by atoms with Crippen LogP contribution >= 0.6 is 25.1 Å². The first-order valence-corrected chi connectivity index (χ1v) is 8.64. The second kappa shape index (κ2) is 9.01. The maximum Gasteiger partial charge on any atom is 0.289 e. The van der Waals surface area contributed by atoms with Crippen LogP contribution in [-0.4, -0.2) is 35.6 Å². The minimum atomic E-state index is -1.05. The molecule has 0 radical (unpaired) electrons. The summed E-state index contributed by atoms with van der Waals surface area (Å²) in [7, 11) is 0. The maximum atomic E-state index is 13.9. The number of carbonyl (C=O) groups excluding carboxylic acids is 3. The zero-order valence-electron chi connectivity index (χ0n) is 15.4. The summed E-state index contributed by atoms with van der Waals surface area (Å²) in [5.74, 6) is -4.15. The normalized spacial score (nSPS) is 16.7. The molecule has 0 saturated carbocycles. The van der Waals surface area contributed by atoms with Crippen molar-refractivity contribution in [2.75, 3.05) is 18.4 Å². The number of amides is 2. The first kappa shape index (κ1) is 23.4. The van der Waals surface area contributed by atoms with Crippen molar-refractivity contribution >= 4 is 48.4 Å². The lowest BCUT2D eigenvalue weighted by molar-refractivity contribution is -0.145. The van der Waals surface area contributed by atoms with E-state index < -0.39 is 40.2 Å². The molecule has 2 rings (SSSR count). The molecular weight excluding hydrogens is 398 g/mol. The number of carbonyl (C=O) groups is 3. The second-order valence-corrected chi connectivity index (χ2v) is 7.99. The monoisotopic (exact) mass is 420 g/mol.